The molecule has 0 atom stereocenters. The van der Waals surface area contributed by atoms with Gasteiger partial charge in [-0.25, -0.2) is 0 Å². The van der Waals surface area contributed by atoms with E-state index in [1.165, 1.54) is 19.3 Å². The predicted molar refractivity (Wildman–Crippen MR) is 119 cm³/mol. The van der Waals surface area contributed by atoms with Crippen molar-refractivity contribution in [3.05, 3.63) is 48.4 Å². The van der Waals surface area contributed by atoms with Crippen LogP contribution in [0.3, 0.4) is 0 Å². The second-order valence-corrected chi connectivity index (χ2v) is 8.69. The summed E-state index contributed by atoms with van der Waals surface area (Å²) < 4.78 is 8.09. The largest absolute Gasteiger partial charge is 0.490 e. The number of hydrogen-bond acceptors (Lipinski definition) is 6. The topological polar surface area (TPSA) is 68.4 Å². The summed E-state index contributed by atoms with van der Waals surface area (Å²) in [6.07, 6.45) is 8.47. The smallest absolute Gasteiger partial charge is 0.187 e. The van der Waals surface area contributed by atoms with Crippen molar-refractivity contribution >= 4 is 16.6 Å². The molecule has 0 amide bonds. The molecule has 1 saturated heterocycles. The number of likely N-dealkylation sites (tertiary alicyclic amines) is 1. The lowest BCUT2D eigenvalue weighted by atomic mass is 9.90. The Labute approximate surface area is 181 Å². The second-order valence-electron chi connectivity index (χ2n) is 8.69. The van der Waals surface area contributed by atoms with E-state index < -0.39 is 0 Å². The second kappa shape index (κ2) is 7.57. The van der Waals surface area contributed by atoms with E-state index in [1.807, 2.05) is 31.2 Å². The molecule has 2 fully saturated rings. The van der Waals surface area contributed by atoms with Crippen LogP contribution in [0, 0.1) is 6.92 Å². The minimum atomic E-state index is 0.304. The van der Waals surface area contributed by atoms with Crippen molar-refractivity contribution < 1.29 is 4.74 Å². The normalized spacial score (nSPS) is 18.5. The van der Waals surface area contributed by atoms with Gasteiger partial charge in [0.1, 0.15) is 23.1 Å². The molecular formula is C24H26N6O. The fourth-order valence-corrected chi connectivity index (χ4v) is 4.76. The van der Waals surface area contributed by atoms with Crippen LogP contribution in [-0.2, 0) is 0 Å². The molecule has 6 rings (SSSR count). The summed E-state index contributed by atoms with van der Waals surface area (Å²) in [4.78, 5) is 7.24. The third-order valence-electron chi connectivity index (χ3n) is 6.77. The highest BCUT2D eigenvalue weighted by Gasteiger charge is 2.29. The number of ether oxygens (including phenoxy) is 1. The Balaban J connectivity index is 1.24. The molecule has 1 aromatic carbocycles. The van der Waals surface area contributed by atoms with Crippen LogP contribution >= 0.6 is 0 Å². The minimum Gasteiger partial charge on any atom is -0.490 e. The minimum absolute atomic E-state index is 0.304. The zero-order valence-corrected chi connectivity index (χ0v) is 17.7. The summed E-state index contributed by atoms with van der Waals surface area (Å²) >= 11 is 0. The van der Waals surface area contributed by atoms with E-state index in [4.69, 9.17) is 9.84 Å². The number of aromatic nitrogens is 5. The van der Waals surface area contributed by atoms with Gasteiger partial charge in [-0.3, -0.25) is 4.98 Å². The lowest BCUT2D eigenvalue weighted by Gasteiger charge is -2.41. The van der Waals surface area contributed by atoms with Gasteiger partial charge in [0.25, 0.3) is 0 Å². The van der Waals surface area contributed by atoms with E-state index in [0.29, 0.717) is 6.10 Å². The van der Waals surface area contributed by atoms with Crippen molar-refractivity contribution in [1.29, 1.82) is 0 Å². The van der Waals surface area contributed by atoms with Crippen LogP contribution in [-0.4, -0.2) is 54.9 Å². The van der Waals surface area contributed by atoms with Gasteiger partial charge in [0, 0.05) is 36.3 Å². The fourth-order valence-electron chi connectivity index (χ4n) is 4.76. The standard InChI is InChI=1S/C24H26N6O/c1-16-26-27-24-21-6-3-13-25-23(21)22(28-30(16)24)17-7-9-19(10-8-17)31-20-11-14-29(15-12-20)18-4-2-5-18/h3,6-10,13,18,20H,2,4-5,11-12,14-15H2,1H3. The molecule has 0 bridgehead atoms. The predicted octanol–water partition coefficient (Wildman–Crippen LogP) is 4.04. The fraction of sp³-hybridized carbons (Fsp3) is 0.417. The maximum atomic E-state index is 6.30. The van der Waals surface area contributed by atoms with Gasteiger partial charge in [0.15, 0.2) is 11.5 Å². The lowest BCUT2D eigenvalue weighted by molar-refractivity contribution is 0.0493. The summed E-state index contributed by atoms with van der Waals surface area (Å²) in [6, 6.07) is 13.0. The van der Waals surface area contributed by atoms with Gasteiger partial charge in [-0.1, -0.05) is 6.42 Å². The molecular weight excluding hydrogens is 388 g/mol. The zero-order valence-electron chi connectivity index (χ0n) is 17.7. The molecule has 0 spiro atoms. The summed E-state index contributed by atoms with van der Waals surface area (Å²) in [7, 11) is 0. The SMILES string of the molecule is Cc1nnc2c3cccnc3c(-c3ccc(OC4CCN(C5CCC5)CC4)cc3)nn12. The van der Waals surface area contributed by atoms with E-state index in [0.717, 1.165) is 71.4 Å². The highest BCUT2D eigenvalue weighted by atomic mass is 16.5. The van der Waals surface area contributed by atoms with Gasteiger partial charge in [-0.05, 0) is 69.0 Å². The van der Waals surface area contributed by atoms with Gasteiger partial charge >= 0.3 is 0 Å². The van der Waals surface area contributed by atoms with E-state index in [1.54, 1.807) is 10.7 Å². The van der Waals surface area contributed by atoms with Crippen LogP contribution in [0.2, 0.25) is 0 Å². The quantitative estimate of drug-likeness (QED) is 0.502. The summed E-state index contributed by atoms with van der Waals surface area (Å²) in [5, 5.41) is 14.2. The Morgan fingerprint density at radius 3 is 2.52 bits per heavy atom. The molecule has 7 heteroatoms. The number of pyridine rings is 1. The summed E-state index contributed by atoms with van der Waals surface area (Å²) in [5.41, 5.74) is 3.40. The van der Waals surface area contributed by atoms with E-state index >= 15 is 0 Å². The van der Waals surface area contributed by atoms with Crippen molar-refractivity contribution in [2.45, 2.75) is 51.2 Å². The van der Waals surface area contributed by atoms with Crippen molar-refractivity contribution in [1.82, 2.24) is 29.7 Å². The van der Waals surface area contributed by atoms with Gasteiger partial charge in [-0.2, -0.15) is 9.61 Å². The first kappa shape index (κ1) is 18.7. The number of hydrogen-bond donors (Lipinski definition) is 0. The number of piperidine rings is 1. The molecule has 1 aliphatic heterocycles. The monoisotopic (exact) mass is 414 g/mol. The molecule has 1 saturated carbocycles. The first-order valence-electron chi connectivity index (χ1n) is 11.2. The number of fused-ring (bicyclic) bond motifs is 3. The van der Waals surface area contributed by atoms with Crippen LogP contribution < -0.4 is 4.74 Å². The maximum Gasteiger partial charge on any atom is 0.187 e. The Morgan fingerprint density at radius 1 is 0.968 bits per heavy atom. The Morgan fingerprint density at radius 2 is 1.77 bits per heavy atom. The summed E-state index contributed by atoms with van der Waals surface area (Å²) in [6.45, 7) is 4.23. The van der Waals surface area contributed by atoms with Crippen molar-refractivity contribution in [2.75, 3.05) is 13.1 Å². The molecule has 0 radical (unpaired) electrons. The number of benzene rings is 1. The van der Waals surface area contributed by atoms with Gasteiger partial charge < -0.3 is 9.64 Å². The molecule has 7 nitrogen and oxygen atoms in total. The third-order valence-corrected chi connectivity index (χ3v) is 6.77. The van der Waals surface area contributed by atoms with Crippen molar-refractivity contribution in [3.63, 3.8) is 0 Å². The lowest BCUT2D eigenvalue weighted by Crippen LogP contribution is -2.46. The van der Waals surface area contributed by atoms with Crippen LogP contribution in [0.15, 0.2) is 42.6 Å². The molecule has 0 unspecified atom stereocenters. The molecule has 4 heterocycles. The van der Waals surface area contributed by atoms with E-state index in [9.17, 15) is 0 Å². The number of aryl methyl sites for hydroxylation is 1. The third kappa shape index (κ3) is 3.33. The molecule has 3 aromatic heterocycles. The highest BCUT2D eigenvalue weighted by molar-refractivity contribution is 5.98. The molecule has 1 aliphatic carbocycles. The molecule has 31 heavy (non-hydrogen) atoms. The van der Waals surface area contributed by atoms with Crippen molar-refractivity contribution in [2.24, 2.45) is 0 Å². The van der Waals surface area contributed by atoms with Gasteiger partial charge in [0.2, 0.25) is 0 Å². The van der Waals surface area contributed by atoms with E-state index in [2.05, 4.69) is 32.2 Å². The van der Waals surface area contributed by atoms with Gasteiger partial charge in [0.05, 0.1) is 0 Å². The van der Waals surface area contributed by atoms with Crippen LogP contribution in [0.25, 0.3) is 27.8 Å². The van der Waals surface area contributed by atoms with Crippen LogP contribution in [0.1, 0.15) is 37.9 Å². The highest BCUT2D eigenvalue weighted by Crippen LogP contribution is 2.31. The number of rotatable bonds is 4. The van der Waals surface area contributed by atoms with Gasteiger partial charge in [-0.15, -0.1) is 10.2 Å². The molecule has 2 aliphatic rings. The van der Waals surface area contributed by atoms with Crippen LogP contribution in [0.4, 0.5) is 0 Å². The average Bonchev–Trinajstić information content (AvgIpc) is 3.15. The maximum absolute atomic E-state index is 6.30. The Kier molecular flexibility index (Phi) is 4.56. The first-order chi connectivity index (χ1) is 15.3. The van der Waals surface area contributed by atoms with Crippen LogP contribution in [0.5, 0.6) is 5.75 Å². The first-order valence-corrected chi connectivity index (χ1v) is 11.2. The van der Waals surface area contributed by atoms with Crippen molar-refractivity contribution in [3.8, 4) is 17.0 Å². The Bertz CT molecular complexity index is 1220. The Hall–Kier alpha value is -3.06. The summed E-state index contributed by atoms with van der Waals surface area (Å²) in [5.74, 6) is 1.68. The molecule has 158 valence electrons. The molecule has 4 aromatic rings. The zero-order chi connectivity index (χ0) is 20.8. The number of nitrogens with zero attached hydrogens (tertiary/aromatic N) is 6. The average molecular weight is 415 g/mol. The molecule has 0 N–H and O–H groups in total. The van der Waals surface area contributed by atoms with E-state index in [-0.39, 0.29) is 0 Å².